The summed E-state index contributed by atoms with van der Waals surface area (Å²) in [4.78, 5) is 58.9. The number of nitrogens with two attached hydrogens (primary N) is 1. The van der Waals surface area contributed by atoms with Crippen LogP contribution in [0.3, 0.4) is 0 Å². The average Bonchev–Trinajstić information content (AvgIpc) is 3.40. The van der Waals surface area contributed by atoms with Crippen LogP contribution in [-0.4, -0.2) is 30.1 Å². The molecule has 4 heterocycles. The van der Waals surface area contributed by atoms with Crippen LogP contribution in [0.2, 0.25) is 0 Å². The lowest BCUT2D eigenvalue weighted by molar-refractivity contribution is 0.0992. The number of carbonyl (C=O) groups is 1. The van der Waals surface area contributed by atoms with Crippen LogP contribution in [0.1, 0.15) is 17.3 Å². The van der Waals surface area contributed by atoms with E-state index in [0.717, 1.165) is 31.3 Å². The fourth-order valence-corrected chi connectivity index (χ4v) is 5.79. The SMILES string of the molecule is C[C@H](Sc1nc2scc(-c3cccs3)c2c(=O)[nH]1)C(=O)c1c(N)n(C)c(=O)n(C)c1=O. The number of rotatable bonds is 5. The Labute approximate surface area is 187 Å². The van der Waals surface area contributed by atoms with Crippen molar-refractivity contribution in [2.45, 2.75) is 17.3 Å². The Hall–Kier alpha value is -2.96. The van der Waals surface area contributed by atoms with Crippen molar-refractivity contribution in [3.8, 4) is 10.4 Å². The zero-order valence-corrected chi connectivity index (χ0v) is 19.1. The summed E-state index contributed by atoms with van der Waals surface area (Å²) in [5.41, 5.74) is 4.78. The molecule has 1 atom stereocenters. The molecule has 9 nitrogen and oxygen atoms in total. The first-order valence-corrected chi connectivity index (χ1v) is 11.7. The highest BCUT2D eigenvalue weighted by Gasteiger charge is 2.26. The number of thioether (sulfide) groups is 1. The summed E-state index contributed by atoms with van der Waals surface area (Å²) in [6, 6.07) is 3.85. The first-order valence-electron chi connectivity index (χ1n) is 9.02. The van der Waals surface area contributed by atoms with E-state index >= 15 is 0 Å². The highest BCUT2D eigenvalue weighted by atomic mass is 32.2. The second kappa shape index (κ2) is 7.94. The molecule has 0 fully saturated rings. The van der Waals surface area contributed by atoms with Crippen LogP contribution in [0.5, 0.6) is 0 Å². The summed E-state index contributed by atoms with van der Waals surface area (Å²) < 4.78 is 1.89. The highest BCUT2D eigenvalue weighted by Crippen LogP contribution is 2.34. The van der Waals surface area contributed by atoms with Crippen molar-refractivity contribution in [3.63, 3.8) is 0 Å². The Morgan fingerprint density at radius 2 is 1.97 bits per heavy atom. The summed E-state index contributed by atoms with van der Waals surface area (Å²) in [7, 11) is 2.67. The van der Waals surface area contributed by atoms with E-state index in [0.29, 0.717) is 10.2 Å². The molecule has 160 valence electrons. The molecule has 4 aromatic rings. The topological polar surface area (TPSA) is 133 Å². The van der Waals surface area contributed by atoms with Crippen molar-refractivity contribution in [1.82, 2.24) is 19.1 Å². The van der Waals surface area contributed by atoms with Gasteiger partial charge in [-0.2, -0.15) is 0 Å². The van der Waals surface area contributed by atoms with E-state index in [1.54, 1.807) is 6.92 Å². The number of hydrogen-bond donors (Lipinski definition) is 2. The maximum absolute atomic E-state index is 13.0. The lowest BCUT2D eigenvalue weighted by atomic mass is 10.1. The standard InChI is InChI=1S/C19H17N5O4S3/c1-8(13(25)12-14(20)23(2)19(28)24(3)17(12)27)31-18-21-15(26)11-9(7-30-16(11)22-18)10-5-4-6-29-10/h4-8H,20H2,1-3H3,(H,21,22,26)/t8-/m0/s1. The maximum atomic E-state index is 13.0. The van der Waals surface area contributed by atoms with Crippen molar-refractivity contribution in [3.05, 3.63) is 59.6 Å². The molecule has 0 unspecified atom stereocenters. The molecule has 0 amide bonds. The number of H-pyrrole nitrogens is 1. The van der Waals surface area contributed by atoms with Gasteiger partial charge in [0.2, 0.25) is 0 Å². The van der Waals surface area contributed by atoms with Crippen LogP contribution in [0.25, 0.3) is 20.7 Å². The third-order valence-electron chi connectivity index (χ3n) is 4.82. The van der Waals surface area contributed by atoms with Crippen LogP contribution >= 0.6 is 34.4 Å². The van der Waals surface area contributed by atoms with E-state index in [1.807, 2.05) is 22.9 Å². The second-order valence-corrected chi connectivity index (χ2v) is 9.90. The number of hydrogen-bond acceptors (Lipinski definition) is 9. The number of aromatic amines is 1. The van der Waals surface area contributed by atoms with Gasteiger partial charge in [-0.1, -0.05) is 17.8 Å². The minimum Gasteiger partial charge on any atom is -0.384 e. The van der Waals surface area contributed by atoms with Crippen LogP contribution in [0.4, 0.5) is 5.82 Å². The number of Topliss-reactive ketones (excluding diaryl/α,β-unsaturated/α-hetero) is 1. The van der Waals surface area contributed by atoms with Gasteiger partial charge in [0.1, 0.15) is 16.2 Å². The third-order valence-corrected chi connectivity index (χ3v) is 7.58. The minimum absolute atomic E-state index is 0.193. The van der Waals surface area contributed by atoms with E-state index in [1.165, 1.54) is 36.8 Å². The van der Waals surface area contributed by atoms with Crippen molar-refractivity contribution in [1.29, 1.82) is 0 Å². The number of nitrogens with one attached hydrogen (secondary N) is 1. The van der Waals surface area contributed by atoms with Gasteiger partial charge in [-0.3, -0.25) is 23.5 Å². The quantitative estimate of drug-likeness (QED) is 0.256. The molecule has 31 heavy (non-hydrogen) atoms. The average molecular weight is 476 g/mol. The number of ketones is 1. The normalized spacial score (nSPS) is 12.4. The van der Waals surface area contributed by atoms with Crippen molar-refractivity contribution >= 4 is 56.3 Å². The number of carbonyl (C=O) groups excluding carboxylic acids is 1. The highest BCUT2D eigenvalue weighted by molar-refractivity contribution is 8.00. The smallest absolute Gasteiger partial charge is 0.332 e. The van der Waals surface area contributed by atoms with E-state index in [9.17, 15) is 19.2 Å². The first kappa shape index (κ1) is 21.3. The number of nitrogens with zero attached hydrogens (tertiary/aromatic N) is 3. The summed E-state index contributed by atoms with van der Waals surface area (Å²) >= 11 is 3.90. The van der Waals surface area contributed by atoms with E-state index in [4.69, 9.17) is 5.73 Å². The molecule has 12 heteroatoms. The molecule has 0 radical (unpaired) electrons. The van der Waals surface area contributed by atoms with Crippen molar-refractivity contribution in [2.24, 2.45) is 14.1 Å². The zero-order chi connectivity index (χ0) is 22.4. The van der Waals surface area contributed by atoms with E-state index in [2.05, 4.69) is 9.97 Å². The number of thiophene rings is 2. The number of nitrogen functional groups attached to an aromatic ring is 1. The largest absolute Gasteiger partial charge is 0.384 e. The Kier molecular flexibility index (Phi) is 5.45. The van der Waals surface area contributed by atoms with E-state index in [-0.39, 0.29) is 22.1 Å². The number of aromatic nitrogens is 4. The lowest BCUT2D eigenvalue weighted by Gasteiger charge is -2.14. The van der Waals surface area contributed by atoms with Crippen LogP contribution in [0, 0.1) is 0 Å². The molecule has 4 rings (SSSR count). The molecule has 0 aromatic carbocycles. The van der Waals surface area contributed by atoms with Gasteiger partial charge in [0, 0.05) is 29.9 Å². The fraction of sp³-hybridized carbons (Fsp3) is 0.211. The van der Waals surface area contributed by atoms with Crippen LogP contribution in [-0.2, 0) is 14.1 Å². The summed E-state index contributed by atoms with van der Waals surface area (Å²) in [6.07, 6.45) is 0. The molecule has 0 bridgehead atoms. The summed E-state index contributed by atoms with van der Waals surface area (Å²) in [5, 5.41) is 3.82. The van der Waals surface area contributed by atoms with Gasteiger partial charge >= 0.3 is 5.69 Å². The number of fused-ring (bicyclic) bond motifs is 1. The summed E-state index contributed by atoms with van der Waals surface area (Å²) in [5.74, 6) is -0.742. The summed E-state index contributed by atoms with van der Waals surface area (Å²) in [6.45, 7) is 1.59. The van der Waals surface area contributed by atoms with Gasteiger partial charge < -0.3 is 10.7 Å². The molecule has 0 saturated heterocycles. The van der Waals surface area contributed by atoms with Crippen molar-refractivity contribution < 1.29 is 4.79 Å². The Bertz CT molecular complexity index is 1490. The molecule has 3 N–H and O–H groups in total. The van der Waals surface area contributed by atoms with Crippen molar-refractivity contribution in [2.75, 3.05) is 5.73 Å². The van der Waals surface area contributed by atoms with Gasteiger partial charge in [0.15, 0.2) is 10.9 Å². The van der Waals surface area contributed by atoms with Gasteiger partial charge in [-0.15, -0.1) is 22.7 Å². The van der Waals surface area contributed by atoms with Gasteiger partial charge in [0.05, 0.1) is 10.6 Å². The Morgan fingerprint density at radius 3 is 2.65 bits per heavy atom. The molecule has 0 aliphatic carbocycles. The molecule has 0 spiro atoms. The zero-order valence-electron chi connectivity index (χ0n) is 16.7. The molecular weight excluding hydrogens is 458 g/mol. The lowest BCUT2D eigenvalue weighted by Crippen LogP contribution is -2.42. The van der Waals surface area contributed by atoms with Crippen LogP contribution < -0.4 is 22.5 Å². The predicted molar refractivity (Wildman–Crippen MR) is 125 cm³/mol. The third kappa shape index (κ3) is 3.56. The second-order valence-electron chi connectivity index (χ2n) is 6.77. The monoisotopic (exact) mass is 475 g/mol. The molecule has 0 aliphatic rings. The van der Waals surface area contributed by atoms with Gasteiger partial charge in [-0.25, -0.2) is 9.78 Å². The molecular formula is C19H17N5O4S3. The molecule has 0 aliphatic heterocycles. The fourth-order valence-electron chi connectivity index (χ4n) is 3.11. The number of anilines is 1. The van der Waals surface area contributed by atoms with Gasteiger partial charge in [0.25, 0.3) is 11.1 Å². The Balaban J connectivity index is 1.69. The van der Waals surface area contributed by atoms with E-state index < -0.39 is 22.3 Å². The van der Waals surface area contributed by atoms with Crippen LogP contribution in [0.15, 0.2) is 42.4 Å². The molecule has 0 saturated carbocycles. The molecule has 4 aromatic heterocycles. The van der Waals surface area contributed by atoms with Gasteiger partial charge in [-0.05, 0) is 18.4 Å². The Morgan fingerprint density at radius 1 is 1.23 bits per heavy atom. The predicted octanol–water partition coefficient (Wildman–Crippen LogP) is 2.06. The first-order chi connectivity index (χ1) is 14.7. The minimum atomic E-state index is -0.773. The maximum Gasteiger partial charge on any atom is 0.332 e.